The van der Waals surface area contributed by atoms with Crippen molar-refractivity contribution < 1.29 is 19.4 Å². The molecule has 0 saturated heterocycles. The van der Waals surface area contributed by atoms with Gasteiger partial charge in [0, 0.05) is 0 Å². The van der Waals surface area contributed by atoms with Crippen molar-refractivity contribution in [1.29, 1.82) is 5.26 Å². The van der Waals surface area contributed by atoms with Gasteiger partial charge in [0.1, 0.15) is 12.6 Å². The van der Waals surface area contributed by atoms with E-state index in [0.717, 1.165) is 5.56 Å². The summed E-state index contributed by atoms with van der Waals surface area (Å²) in [5.74, 6) is -1.27. The van der Waals surface area contributed by atoms with E-state index in [4.69, 9.17) is 15.1 Å². The number of amides is 1. The molecule has 0 aliphatic rings. The van der Waals surface area contributed by atoms with Gasteiger partial charge in [0.05, 0.1) is 0 Å². The Hall–Kier alpha value is -2.55. The van der Waals surface area contributed by atoms with E-state index in [2.05, 4.69) is 0 Å². The van der Waals surface area contributed by atoms with Crippen LogP contribution in [0.4, 0.5) is 4.79 Å². The van der Waals surface area contributed by atoms with E-state index in [9.17, 15) is 9.59 Å². The second kappa shape index (κ2) is 6.25. The largest absolute Gasteiger partial charge is 0.480 e. The monoisotopic (exact) mass is 248 g/mol. The lowest BCUT2D eigenvalue weighted by atomic mass is 10.2. The fourth-order valence-corrected chi connectivity index (χ4v) is 1.18. The predicted octanol–water partition coefficient (Wildman–Crippen LogP) is 1.58. The minimum absolute atomic E-state index is 0.00973. The van der Waals surface area contributed by atoms with E-state index < -0.39 is 18.1 Å². The first kappa shape index (κ1) is 13.5. The van der Waals surface area contributed by atoms with Crippen molar-refractivity contribution in [3.63, 3.8) is 0 Å². The zero-order chi connectivity index (χ0) is 13.5. The molecular formula is C12H12N2O4. The molecule has 0 aliphatic carbocycles. The number of carboxylic acids is 1. The Balaban J connectivity index is 2.59. The summed E-state index contributed by atoms with van der Waals surface area (Å²) in [4.78, 5) is 22.7. The van der Waals surface area contributed by atoms with Crippen LogP contribution in [-0.4, -0.2) is 28.1 Å². The number of ether oxygens (including phenoxy) is 1. The summed E-state index contributed by atoms with van der Waals surface area (Å²) >= 11 is 0. The Morgan fingerprint density at radius 2 is 2.06 bits per heavy atom. The number of benzene rings is 1. The standard InChI is InChI=1S/C12H12N2O4/c1-9(11(15)16)14(8-13)12(17)18-7-10-5-3-2-4-6-10/h2-6,9H,7H2,1H3,(H,15,16)/t9-/m0/s1. The zero-order valence-electron chi connectivity index (χ0n) is 9.74. The third-order valence-electron chi connectivity index (χ3n) is 2.25. The second-order valence-electron chi connectivity index (χ2n) is 3.52. The molecule has 0 aliphatic heterocycles. The van der Waals surface area contributed by atoms with Gasteiger partial charge in [0.15, 0.2) is 6.19 Å². The first-order valence-corrected chi connectivity index (χ1v) is 5.18. The molecule has 1 rings (SSSR count). The van der Waals surface area contributed by atoms with E-state index >= 15 is 0 Å². The van der Waals surface area contributed by atoms with Crippen LogP contribution in [0.15, 0.2) is 30.3 Å². The molecule has 0 heterocycles. The van der Waals surface area contributed by atoms with Crippen LogP contribution >= 0.6 is 0 Å². The lowest BCUT2D eigenvalue weighted by molar-refractivity contribution is -0.141. The average molecular weight is 248 g/mol. The fraction of sp³-hybridized carbons (Fsp3) is 0.250. The van der Waals surface area contributed by atoms with E-state index in [1.165, 1.54) is 13.1 Å². The molecular weight excluding hydrogens is 236 g/mol. The molecule has 0 bridgehead atoms. The summed E-state index contributed by atoms with van der Waals surface area (Å²) in [5.41, 5.74) is 0.756. The van der Waals surface area contributed by atoms with E-state index in [0.29, 0.717) is 4.90 Å². The van der Waals surface area contributed by atoms with E-state index in [1.54, 1.807) is 24.3 Å². The molecule has 1 N–H and O–H groups in total. The molecule has 0 saturated carbocycles. The van der Waals surface area contributed by atoms with Crippen molar-refractivity contribution in [2.75, 3.05) is 0 Å². The highest BCUT2D eigenvalue weighted by molar-refractivity contribution is 5.80. The van der Waals surface area contributed by atoms with Crippen molar-refractivity contribution in [1.82, 2.24) is 4.90 Å². The van der Waals surface area contributed by atoms with E-state index in [-0.39, 0.29) is 6.61 Å². The van der Waals surface area contributed by atoms with Gasteiger partial charge in [0.25, 0.3) is 0 Å². The van der Waals surface area contributed by atoms with Gasteiger partial charge < -0.3 is 9.84 Å². The van der Waals surface area contributed by atoms with Crippen LogP contribution in [-0.2, 0) is 16.1 Å². The third-order valence-corrected chi connectivity index (χ3v) is 2.25. The van der Waals surface area contributed by atoms with Gasteiger partial charge in [0.2, 0.25) is 0 Å². The number of rotatable bonds is 4. The van der Waals surface area contributed by atoms with Crippen LogP contribution in [0.2, 0.25) is 0 Å². The molecule has 6 heteroatoms. The highest BCUT2D eigenvalue weighted by atomic mass is 16.6. The van der Waals surface area contributed by atoms with Gasteiger partial charge in [-0.3, -0.25) is 0 Å². The van der Waals surface area contributed by atoms with Gasteiger partial charge in [-0.1, -0.05) is 30.3 Å². The lowest BCUT2D eigenvalue weighted by Gasteiger charge is -2.17. The summed E-state index contributed by atoms with van der Waals surface area (Å²) < 4.78 is 4.85. The smallest absolute Gasteiger partial charge is 0.424 e. The lowest BCUT2D eigenvalue weighted by Crippen LogP contribution is -2.40. The first-order chi connectivity index (χ1) is 8.56. The normalized spacial score (nSPS) is 11.1. The molecule has 1 atom stereocenters. The molecule has 6 nitrogen and oxygen atoms in total. The van der Waals surface area contributed by atoms with Crippen LogP contribution in [0.3, 0.4) is 0 Å². The first-order valence-electron chi connectivity index (χ1n) is 5.18. The Morgan fingerprint density at radius 3 is 2.56 bits per heavy atom. The molecule has 1 aromatic rings. The quantitative estimate of drug-likeness (QED) is 0.645. The van der Waals surface area contributed by atoms with Crippen molar-refractivity contribution >= 4 is 12.1 Å². The number of carbonyl (C=O) groups is 2. The van der Waals surface area contributed by atoms with Crippen LogP contribution in [0.25, 0.3) is 0 Å². The molecule has 1 amide bonds. The number of carbonyl (C=O) groups excluding carboxylic acids is 1. The van der Waals surface area contributed by atoms with Crippen molar-refractivity contribution in [2.45, 2.75) is 19.6 Å². The highest BCUT2D eigenvalue weighted by Gasteiger charge is 2.26. The summed E-state index contributed by atoms with van der Waals surface area (Å²) in [6.45, 7) is 1.22. The third kappa shape index (κ3) is 3.49. The molecule has 94 valence electrons. The maximum Gasteiger partial charge on any atom is 0.424 e. The molecule has 0 fully saturated rings. The Kier molecular flexibility index (Phi) is 4.69. The van der Waals surface area contributed by atoms with Gasteiger partial charge in [-0.15, -0.1) is 0 Å². The topological polar surface area (TPSA) is 90.6 Å². The number of carboxylic acid groups (broad SMARTS) is 1. The van der Waals surface area contributed by atoms with Crippen LogP contribution in [0, 0.1) is 11.5 Å². The summed E-state index contributed by atoms with van der Waals surface area (Å²) in [6, 6.07) is 7.64. The predicted molar refractivity (Wildman–Crippen MR) is 61.2 cm³/mol. The number of nitrogens with zero attached hydrogens (tertiary/aromatic N) is 2. The fourth-order valence-electron chi connectivity index (χ4n) is 1.18. The minimum Gasteiger partial charge on any atom is -0.480 e. The van der Waals surface area contributed by atoms with Crippen LogP contribution in [0.1, 0.15) is 12.5 Å². The summed E-state index contributed by atoms with van der Waals surface area (Å²) in [5, 5.41) is 17.4. The van der Waals surface area contributed by atoms with Crippen LogP contribution < -0.4 is 0 Å². The zero-order valence-corrected chi connectivity index (χ0v) is 9.74. The van der Waals surface area contributed by atoms with Gasteiger partial charge in [-0.25, -0.2) is 9.59 Å². The maximum atomic E-state index is 11.5. The Bertz CT molecular complexity index is 467. The molecule has 0 radical (unpaired) electrons. The number of nitriles is 1. The average Bonchev–Trinajstić information content (AvgIpc) is 2.38. The van der Waals surface area contributed by atoms with Crippen LogP contribution in [0.5, 0.6) is 0 Å². The van der Waals surface area contributed by atoms with Gasteiger partial charge in [-0.05, 0) is 12.5 Å². The van der Waals surface area contributed by atoms with Crippen molar-refractivity contribution in [2.24, 2.45) is 0 Å². The number of hydrogen-bond acceptors (Lipinski definition) is 4. The Labute approximate surface area is 104 Å². The number of aliphatic carboxylic acids is 1. The van der Waals surface area contributed by atoms with E-state index in [1.807, 2.05) is 6.07 Å². The summed E-state index contributed by atoms with van der Waals surface area (Å²) in [6.07, 6.45) is 0.521. The molecule has 18 heavy (non-hydrogen) atoms. The highest BCUT2D eigenvalue weighted by Crippen LogP contribution is 2.05. The SMILES string of the molecule is C[C@@H](C(=O)O)N(C#N)C(=O)OCc1ccccc1. The molecule has 0 aromatic heterocycles. The molecule has 0 spiro atoms. The minimum atomic E-state index is -1.27. The summed E-state index contributed by atoms with van der Waals surface area (Å²) in [7, 11) is 0. The van der Waals surface area contributed by atoms with Crippen molar-refractivity contribution in [3.05, 3.63) is 35.9 Å². The molecule has 1 aromatic carbocycles. The molecule has 0 unspecified atom stereocenters. The van der Waals surface area contributed by atoms with Gasteiger partial charge in [-0.2, -0.15) is 10.2 Å². The maximum absolute atomic E-state index is 11.5. The Morgan fingerprint density at radius 1 is 1.44 bits per heavy atom. The van der Waals surface area contributed by atoms with Gasteiger partial charge >= 0.3 is 12.1 Å². The number of hydrogen-bond donors (Lipinski definition) is 1. The second-order valence-corrected chi connectivity index (χ2v) is 3.52. The van der Waals surface area contributed by atoms with Crippen molar-refractivity contribution in [3.8, 4) is 6.19 Å².